The zero-order valence-corrected chi connectivity index (χ0v) is 15.3. The second kappa shape index (κ2) is 8.39. The van der Waals surface area contributed by atoms with Gasteiger partial charge in [-0.15, -0.1) is 11.8 Å². The first-order chi connectivity index (χ1) is 11.9. The number of thioether (sulfide) groups is 2. The number of hydrogen-bond acceptors (Lipinski definition) is 8. The maximum absolute atomic E-state index is 12.6. The van der Waals surface area contributed by atoms with E-state index in [2.05, 4.69) is 4.74 Å². The molecule has 25 heavy (non-hydrogen) atoms. The number of carbonyl (C=O) groups excluding carboxylic acids is 2. The van der Waals surface area contributed by atoms with Gasteiger partial charge in [-0.1, -0.05) is 12.1 Å². The molecule has 0 aromatic heterocycles. The zero-order valence-electron chi connectivity index (χ0n) is 13.7. The number of esters is 2. The Balaban J connectivity index is 2.46. The molecule has 0 saturated carbocycles. The van der Waals surface area contributed by atoms with Gasteiger partial charge in [0.15, 0.2) is 0 Å². The summed E-state index contributed by atoms with van der Waals surface area (Å²) in [7, 11) is 2.55. The molecule has 1 heterocycles. The van der Waals surface area contributed by atoms with Crippen LogP contribution in [0.15, 0.2) is 36.4 Å². The third-order valence-electron chi connectivity index (χ3n) is 3.68. The lowest BCUT2D eigenvalue weighted by molar-refractivity contribution is -0.384. The van der Waals surface area contributed by atoms with Crippen molar-refractivity contribution in [3.8, 4) is 0 Å². The first kappa shape index (κ1) is 19.3. The second-order valence-corrected chi connectivity index (χ2v) is 7.67. The minimum absolute atomic E-state index is 0.0222. The van der Waals surface area contributed by atoms with E-state index in [4.69, 9.17) is 4.74 Å². The molecule has 2 rings (SSSR count). The molecule has 2 atom stereocenters. The van der Waals surface area contributed by atoms with E-state index in [1.54, 1.807) is 23.9 Å². The second-order valence-electron chi connectivity index (χ2n) is 5.09. The summed E-state index contributed by atoms with van der Waals surface area (Å²) in [5, 5.41) is 10.5. The Morgan fingerprint density at radius 1 is 1.24 bits per heavy atom. The molecule has 1 aliphatic rings. The molecular formula is C16H17NO6S2. The minimum Gasteiger partial charge on any atom is -0.468 e. The van der Waals surface area contributed by atoms with E-state index in [9.17, 15) is 19.7 Å². The van der Waals surface area contributed by atoms with Gasteiger partial charge in [-0.2, -0.15) is 11.8 Å². The lowest BCUT2D eigenvalue weighted by Gasteiger charge is -2.38. The van der Waals surface area contributed by atoms with E-state index in [0.717, 1.165) is 11.3 Å². The van der Waals surface area contributed by atoms with Crippen molar-refractivity contribution in [2.24, 2.45) is 0 Å². The van der Waals surface area contributed by atoms with Crippen LogP contribution in [-0.2, 0) is 19.1 Å². The lowest BCUT2D eigenvalue weighted by Crippen LogP contribution is -2.42. The fourth-order valence-electron chi connectivity index (χ4n) is 2.48. The summed E-state index contributed by atoms with van der Waals surface area (Å²) < 4.78 is 8.49. The van der Waals surface area contributed by atoms with E-state index in [-0.39, 0.29) is 10.9 Å². The number of methoxy groups -OCH3 is 2. The Bertz CT molecular complexity index is 690. The van der Waals surface area contributed by atoms with Crippen molar-refractivity contribution in [1.82, 2.24) is 0 Å². The fraction of sp³-hybridized carbons (Fsp3) is 0.375. The predicted octanol–water partition coefficient (Wildman–Crippen LogP) is 2.76. The monoisotopic (exact) mass is 383 g/mol. The highest BCUT2D eigenvalue weighted by atomic mass is 32.2. The van der Waals surface area contributed by atoms with Crippen LogP contribution in [0.25, 0.3) is 0 Å². The van der Waals surface area contributed by atoms with Gasteiger partial charge in [-0.05, 0) is 11.6 Å². The van der Waals surface area contributed by atoms with Crippen molar-refractivity contribution in [1.29, 1.82) is 0 Å². The van der Waals surface area contributed by atoms with Crippen LogP contribution in [0.1, 0.15) is 10.8 Å². The molecule has 1 aromatic rings. The van der Waals surface area contributed by atoms with E-state index in [1.807, 2.05) is 0 Å². The fourth-order valence-corrected chi connectivity index (χ4v) is 5.60. The Kier molecular flexibility index (Phi) is 6.49. The molecule has 0 N–H and O–H groups in total. The van der Waals surface area contributed by atoms with Gasteiger partial charge in [0.1, 0.15) is 4.75 Å². The average Bonchev–Trinajstić information content (AvgIpc) is 2.65. The van der Waals surface area contributed by atoms with Gasteiger partial charge in [-0.3, -0.25) is 14.9 Å². The average molecular weight is 383 g/mol. The summed E-state index contributed by atoms with van der Waals surface area (Å²) >= 11 is 2.93. The SMILES string of the molecule is COC(=O)/C=C/C1(C(=O)OC)SCCSC1c1ccc([N+](=O)[O-])cc1. The van der Waals surface area contributed by atoms with Crippen molar-refractivity contribution >= 4 is 41.1 Å². The van der Waals surface area contributed by atoms with Crippen molar-refractivity contribution in [3.63, 3.8) is 0 Å². The smallest absolute Gasteiger partial charge is 0.330 e. The van der Waals surface area contributed by atoms with Crippen LogP contribution in [0.3, 0.4) is 0 Å². The molecule has 0 spiro atoms. The van der Waals surface area contributed by atoms with Gasteiger partial charge in [0.25, 0.3) is 5.69 Å². The lowest BCUT2D eigenvalue weighted by atomic mass is 9.96. The summed E-state index contributed by atoms with van der Waals surface area (Å²) in [4.78, 5) is 34.5. The van der Waals surface area contributed by atoms with E-state index in [1.165, 1.54) is 50.3 Å². The highest BCUT2D eigenvalue weighted by Gasteiger charge is 2.48. The van der Waals surface area contributed by atoms with Crippen molar-refractivity contribution in [3.05, 3.63) is 52.1 Å². The number of rotatable bonds is 5. The summed E-state index contributed by atoms with van der Waals surface area (Å²) in [6, 6.07) is 6.07. The van der Waals surface area contributed by atoms with Crippen LogP contribution in [0.2, 0.25) is 0 Å². The molecule has 9 heteroatoms. The number of nitro benzene ring substituents is 1. The van der Waals surface area contributed by atoms with Crippen LogP contribution in [0, 0.1) is 10.1 Å². The van der Waals surface area contributed by atoms with Crippen molar-refractivity contribution in [2.75, 3.05) is 25.7 Å². The van der Waals surface area contributed by atoms with Gasteiger partial charge in [0.2, 0.25) is 0 Å². The molecule has 1 aromatic carbocycles. The van der Waals surface area contributed by atoms with Gasteiger partial charge >= 0.3 is 11.9 Å². The zero-order chi connectivity index (χ0) is 18.4. The van der Waals surface area contributed by atoms with Crippen LogP contribution in [0.5, 0.6) is 0 Å². The largest absolute Gasteiger partial charge is 0.468 e. The van der Waals surface area contributed by atoms with Gasteiger partial charge in [-0.25, -0.2) is 4.79 Å². The Morgan fingerprint density at radius 2 is 1.92 bits per heavy atom. The van der Waals surface area contributed by atoms with Gasteiger partial charge < -0.3 is 9.47 Å². The molecule has 2 unspecified atom stereocenters. The number of carbonyl (C=O) groups is 2. The molecular weight excluding hydrogens is 366 g/mol. The minimum atomic E-state index is -1.11. The van der Waals surface area contributed by atoms with Crippen LogP contribution < -0.4 is 0 Å². The Labute approximate surface area is 153 Å². The molecule has 7 nitrogen and oxygen atoms in total. The first-order valence-corrected chi connectivity index (χ1v) is 9.33. The molecule has 0 radical (unpaired) electrons. The maximum Gasteiger partial charge on any atom is 0.330 e. The molecule has 0 aliphatic carbocycles. The molecule has 1 fully saturated rings. The number of non-ortho nitro benzene ring substituents is 1. The normalized spacial score (nSPS) is 23.2. The summed E-state index contributed by atoms with van der Waals surface area (Å²) in [6.07, 6.45) is 2.72. The van der Waals surface area contributed by atoms with Crippen molar-refractivity contribution < 1.29 is 24.0 Å². The van der Waals surface area contributed by atoms with Crippen LogP contribution in [0.4, 0.5) is 5.69 Å². The maximum atomic E-state index is 12.6. The quantitative estimate of drug-likeness (QED) is 0.331. The Morgan fingerprint density at radius 3 is 2.48 bits per heavy atom. The van der Waals surface area contributed by atoms with E-state index in [0.29, 0.717) is 5.75 Å². The number of nitro groups is 1. The highest BCUT2D eigenvalue weighted by molar-refractivity contribution is 8.08. The number of nitrogens with zero attached hydrogens (tertiary/aromatic N) is 1. The number of hydrogen-bond donors (Lipinski definition) is 0. The summed E-state index contributed by atoms with van der Waals surface area (Å²) in [5.41, 5.74) is 0.730. The van der Waals surface area contributed by atoms with E-state index < -0.39 is 21.6 Å². The summed E-state index contributed by atoms with van der Waals surface area (Å²) in [6.45, 7) is 0. The molecule has 0 amide bonds. The predicted molar refractivity (Wildman–Crippen MR) is 96.7 cm³/mol. The third-order valence-corrected chi connectivity index (χ3v) is 6.93. The van der Waals surface area contributed by atoms with Gasteiger partial charge in [0.05, 0.1) is 24.4 Å². The Hall–Kier alpha value is -2.00. The van der Waals surface area contributed by atoms with Crippen molar-refractivity contribution in [2.45, 2.75) is 10.00 Å². The molecule has 1 aliphatic heterocycles. The van der Waals surface area contributed by atoms with E-state index >= 15 is 0 Å². The summed E-state index contributed by atoms with van der Waals surface area (Å²) in [5.74, 6) is 0.460. The molecule has 0 bridgehead atoms. The molecule has 134 valence electrons. The van der Waals surface area contributed by atoms with Gasteiger partial charge in [0, 0.05) is 29.7 Å². The van der Waals surface area contributed by atoms with Crippen LogP contribution >= 0.6 is 23.5 Å². The highest BCUT2D eigenvalue weighted by Crippen LogP contribution is 2.52. The standard InChI is InChI=1S/C16H17NO6S2/c1-22-13(18)7-8-16(15(19)23-2)14(24-9-10-25-16)11-3-5-12(6-4-11)17(20)21/h3-8,14H,9-10H2,1-2H3/b8-7+. The number of ether oxygens (including phenoxy) is 2. The topological polar surface area (TPSA) is 95.7 Å². The number of benzene rings is 1. The van der Waals surface area contributed by atoms with Crippen LogP contribution in [-0.4, -0.2) is 47.3 Å². The first-order valence-electron chi connectivity index (χ1n) is 7.30. The molecule has 1 saturated heterocycles. The third kappa shape index (κ3) is 4.16.